The number of ether oxygens (including phenoxy) is 1. The molecule has 0 bridgehead atoms. The molecule has 29 heavy (non-hydrogen) atoms. The molecule has 0 radical (unpaired) electrons. The van der Waals surface area contributed by atoms with E-state index in [1.807, 2.05) is 0 Å². The molecule has 1 fully saturated rings. The Balaban J connectivity index is 1.64. The zero-order chi connectivity index (χ0) is 20.7. The summed E-state index contributed by atoms with van der Waals surface area (Å²) in [5.41, 5.74) is 0.880. The molecule has 0 spiro atoms. The lowest BCUT2D eigenvalue weighted by Crippen LogP contribution is -2.34. The fourth-order valence-electron chi connectivity index (χ4n) is 3.40. The Hall–Kier alpha value is -2.34. The van der Waals surface area contributed by atoms with E-state index in [1.165, 1.54) is 10.9 Å². The fraction of sp³-hybridized carbons (Fsp3) is 0.278. The number of fused-ring (bicyclic) bond motifs is 1. The number of halogens is 1. The van der Waals surface area contributed by atoms with Crippen molar-refractivity contribution in [3.8, 4) is 0 Å². The van der Waals surface area contributed by atoms with Gasteiger partial charge in [-0.2, -0.15) is 0 Å². The molecule has 9 nitrogen and oxygen atoms in total. The molecule has 5 atom stereocenters. The van der Waals surface area contributed by atoms with Crippen LogP contribution < -0.4 is 5.32 Å². The van der Waals surface area contributed by atoms with Crippen LogP contribution in [0.25, 0.3) is 11.0 Å². The van der Waals surface area contributed by atoms with Crippen LogP contribution in [0, 0.1) is 0 Å². The first-order valence-corrected chi connectivity index (χ1v) is 9.42. The van der Waals surface area contributed by atoms with Crippen molar-refractivity contribution in [1.82, 2.24) is 14.5 Å². The first-order valence-electron chi connectivity index (χ1n) is 8.63. The Labute approximate surface area is 175 Å². The quantitative estimate of drug-likeness (QED) is 0.387. The Kier molecular flexibility index (Phi) is 5.38. The maximum Gasteiger partial charge on any atom is 0.259 e. The van der Waals surface area contributed by atoms with Gasteiger partial charge in [-0.15, -0.1) is 0 Å². The summed E-state index contributed by atoms with van der Waals surface area (Å²) in [4.78, 5) is 8.21. The Morgan fingerprint density at radius 1 is 1.17 bits per heavy atom. The van der Waals surface area contributed by atoms with E-state index >= 15 is 0 Å². The van der Waals surface area contributed by atoms with Crippen LogP contribution in [0.4, 0.5) is 5.82 Å². The maximum atomic E-state index is 10.6. The minimum atomic E-state index is -1.34. The van der Waals surface area contributed by atoms with Crippen molar-refractivity contribution in [2.75, 3.05) is 5.32 Å². The summed E-state index contributed by atoms with van der Waals surface area (Å²) < 4.78 is 7.35. The summed E-state index contributed by atoms with van der Waals surface area (Å²) in [6.07, 6.45) is -3.05. The van der Waals surface area contributed by atoms with E-state index in [-0.39, 0.29) is 5.82 Å². The number of nitrogens with zero attached hydrogens (tertiary/aromatic N) is 3. The second kappa shape index (κ2) is 7.82. The number of hydrogen-bond acceptors (Lipinski definition) is 7. The summed E-state index contributed by atoms with van der Waals surface area (Å²) >= 11 is 10.5. The van der Waals surface area contributed by atoms with Gasteiger partial charge in [0.15, 0.2) is 6.23 Å². The first kappa shape index (κ1) is 20.0. The molecule has 152 valence electrons. The number of benzene rings is 1. The van der Waals surface area contributed by atoms with Crippen LogP contribution in [-0.4, -0.2) is 58.4 Å². The van der Waals surface area contributed by atoms with Gasteiger partial charge in [0.2, 0.25) is 0 Å². The Morgan fingerprint density at radius 3 is 2.59 bits per heavy atom. The van der Waals surface area contributed by atoms with E-state index in [0.717, 1.165) is 0 Å². The predicted octanol–water partition coefficient (Wildman–Crippen LogP) is 1.69. The van der Waals surface area contributed by atoms with Crippen LogP contribution in [0.15, 0.2) is 42.9 Å². The molecular weight excluding hydrogens is 420 g/mol. The largest absolute Gasteiger partial charge is 0.486 e. The zero-order valence-corrected chi connectivity index (χ0v) is 16.3. The van der Waals surface area contributed by atoms with Crippen LogP contribution >= 0.6 is 23.8 Å². The maximum absolute atomic E-state index is 10.6. The number of anilines is 1. The molecule has 0 aliphatic carbocycles. The van der Waals surface area contributed by atoms with Crippen molar-refractivity contribution >= 4 is 45.8 Å². The highest BCUT2D eigenvalue weighted by Gasteiger charge is 2.47. The summed E-state index contributed by atoms with van der Waals surface area (Å²) in [6.45, 7) is 0. The normalized spacial score (nSPS) is 25.2. The molecule has 3 heterocycles. The van der Waals surface area contributed by atoms with Crippen molar-refractivity contribution < 1.29 is 25.2 Å². The average Bonchev–Trinajstić information content (AvgIpc) is 3.24. The van der Waals surface area contributed by atoms with Crippen molar-refractivity contribution in [2.24, 2.45) is 0 Å². The molecule has 0 saturated carbocycles. The van der Waals surface area contributed by atoms with E-state index < -0.39 is 35.8 Å². The molecule has 1 unspecified atom stereocenters. The minimum absolute atomic E-state index is 0.284. The molecule has 1 aliphatic rings. The van der Waals surface area contributed by atoms with E-state index in [0.29, 0.717) is 21.6 Å². The van der Waals surface area contributed by atoms with Crippen molar-refractivity contribution in [2.45, 2.75) is 30.6 Å². The summed E-state index contributed by atoms with van der Waals surface area (Å²) in [5.74, 6) is 0.284. The monoisotopic (exact) mass is 436 g/mol. The van der Waals surface area contributed by atoms with Gasteiger partial charge in [-0.05, 0) is 36.0 Å². The third-order valence-electron chi connectivity index (χ3n) is 4.81. The SMILES string of the molecule is OC(=S)Nc1ncnc2c1ccn2[C@@H]1O[C@H](C(O)c2ccc(Cl)cc2)[C@@H](O)[C@H]1O. The lowest BCUT2D eigenvalue weighted by molar-refractivity contribution is -0.0848. The van der Waals surface area contributed by atoms with Gasteiger partial charge in [-0.3, -0.25) is 0 Å². The number of nitrogens with one attached hydrogen (secondary N) is 1. The lowest BCUT2D eigenvalue weighted by atomic mass is 9.99. The zero-order valence-electron chi connectivity index (χ0n) is 14.8. The van der Waals surface area contributed by atoms with Gasteiger partial charge < -0.3 is 35.0 Å². The molecule has 5 N–H and O–H groups in total. The second-order valence-corrected chi connectivity index (χ2v) is 7.40. The lowest BCUT2D eigenvalue weighted by Gasteiger charge is -2.21. The molecule has 3 aromatic rings. The molecule has 11 heteroatoms. The predicted molar refractivity (Wildman–Crippen MR) is 109 cm³/mol. The molecule has 0 amide bonds. The Bertz CT molecular complexity index is 1050. The highest BCUT2D eigenvalue weighted by molar-refractivity contribution is 7.80. The van der Waals surface area contributed by atoms with E-state index in [4.69, 9.17) is 16.3 Å². The molecule has 4 rings (SSSR count). The van der Waals surface area contributed by atoms with Crippen molar-refractivity contribution in [3.05, 3.63) is 53.4 Å². The van der Waals surface area contributed by atoms with E-state index in [1.54, 1.807) is 36.5 Å². The number of aliphatic hydroxyl groups excluding tert-OH is 4. The van der Waals surface area contributed by atoms with Crippen LogP contribution in [-0.2, 0) is 4.74 Å². The van der Waals surface area contributed by atoms with Crippen LogP contribution in [0.5, 0.6) is 0 Å². The van der Waals surface area contributed by atoms with Crippen molar-refractivity contribution in [3.63, 3.8) is 0 Å². The number of hydrogen-bond donors (Lipinski definition) is 5. The summed E-state index contributed by atoms with van der Waals surface area (Å²) in [5, 5.41) is 44.1. The summed E-state index contributed by atoms with van der Waals surface area (Å²) in [6, 6.07) is 8.13. The Morgan fingerprint density at radius 2 is 1.90 bits per heavy atom. The van der Waals surface area contributed by atoms with Crippen LogP contribution in [0.3, 0.4) is 0 Å². The highest BCUT2D eigenvalue weighted by Crippen LogP contribution is 2.38. The van der Waals surface area contributed by atoms with Crippen LogP contribution in [0.1, 0.15) is 17.9 Å². The molecular formula is C18H17ClN4O5S. The van der Waals surface area contributed by atoms with E-state index in [9.17, 15) is 20.4 Å². The van der Waals surface area contributed by atoms with E-state index in [2.05, 4.69) is 27.5 Å². The number of thiocarbonyl (C=S) groups is 1. The fourth-order valence-corrected chi connectivity index (χ4v) is 3.63. The number of aliphatic hydroxyl groups is 4. The molecule has 1 aromatic carbocycles. The summed E-state index contributed by atoms with van der Waals surface area (Å²) in [7, 11) is 0. The standard InChI is InChI=1S/C18H17ClN4O5S/c19-9-3-1-8(2-4-9)11(24)14-12(25)13(26)17(28-14)23-6-5-10-15(22-18(27)29)20-7-21-16(10)23/h1-7,11-14,17,24-26H,(H2,20,21,22,27,29)/t11?,12-,13+,14+,17+/m0/s1. The van der Waals surface area contributed by atoms with Gasteiger partial charge >= 0.3 is 0 Å². The van der Waals surface area contributed by atoms with Gasteiger partial charge in [-0.1, -0.05) is 23.7 Å². The van der Waals surface area contributed by atoms with Crippen LogP contribution in [0.2, 0.25) is 5.02 Å². The third-order valence-corrected chi connectivity index (χ3v) is 5.16. The van der Waals surface area contributed by atoms with Gasteiger partial charge in [0, 0.05) is 11.2 Å². The molecule has 2 aromatic heterocycles. The second-order valence-electron chi connectivity index (χ2n) is 6.58. The smallest absolute Gasteiger partial charge is 0.259 e. The molecule has 1 aliphatic heterocycles. The third kappa shape index (κ3) is 3.66. The van der Waals surface area contributed by atoms with Crippen molar-refractivity contribution in [1.29, 1.82) is 0 Å². The average molecular weight is 437 g/mol. The van der Waals surface area contributed by atoms with Gasteiger partial charge in [-0.25, -0.2) is 9.97 Å². The van der Waals surface area contributed by atoms with Gasteiger partial charge in [0.05, 0.1) is 5.39 Å². The number of rotatable bonds is 4. The minimum Gasteiger partial charge on any atom is -0.486 e. The van der Waals surface area contributed by atoms with Gasteiger partial charge in [0.25, 0.3) is 5.17 Å². The topological polar surface area (TPSA) is 133 Å². The van der Waals surface area contributed by atoms with Gasteiger partial charge in [0.1, 0.15) is 42.2 Å². The highest BCUT2D eigenvalue weighted by atomic mass is 35.5. The first-order chi connectivity index (χ1) is 13.9. The molecule has 1 saturated heterocycles. The number of aromatic nitrogens is 3.